The summed E-state index contributed by atoms with van der Waals surface area (Å²) >= 11 is 2.50. The lowest BCUT2D eigenvalue weighted by atomic mass is 9.92. The van der Waals surface area contributed by atoms with Crippen molar-refractivity contribution in [1.29, 1.82) is 0 Å². The SMILES string of the molecule is CC1=Nc2ccc(C)c(C)c2C1(C)I. The van der Waals surface area contributed by atoms with E-state index in [1.165, 1.54) is 22.4 Å². The van der Waals surface area contributed by atoms with Gasteiger partial charge in [-0.15, -0.1) is 0 Å². The molecule has 1 aromatic carbocycles. The van der Waals surface area contributed by atoms with E-state index in [-0.39, 0.29) is 3.42 Å². The molecule has 0 saturated carbocycles. The van der Waals surface area contributed by atoms with Gasteiger partial charge in [-0.2, -0.15) is 0 Å². The average molecular weight is 299 g/mol. The van der Waals surface area contributed by atoms with Crippen LogP contribution in [0, 0.1) is 13.8 Å². The normalized spacial score (nSPS) is 24.8. The van der Waals surface area contributed by atoms with E-state index in [1.54, 1.807) is 0 Å². The minimum Gasteiger partial charge on any atom is -0.256 e. The number of hydrogen-bond donors (Lipinski definition) is 0. The summed E-state index contributed by atoms with van der Waals surface area (Å²) in [5.41, 5.74) is 6.51. The molecular formula is C12H14IN. The van der Waals surface area contributed by atoms with Crippen LogP contribution in [0.5, 0.6) is 0 Å². The molecule has 0 radical (unpaired) electrons. The van der Waals surface area contributed by atoms with Crippen molar-refractivity contribution in [2.45, 2.75) is 31.1 Å². The predicted molar refractivity (Wildman–Crippen MR) is 70.1 cm³/mol. The summed E-state index contributed by atoms with van der Waals surface area (Å²) in [5, 5.41) is 0. The molecule has 0 aliphatic carbocycles. The second kappa shape index (κ2) is 3.05. The number of aryl methyl sites for hydroxylation is 1. The Kier molecular flexibility index (Phi) is 2.21. The van der Waals surface area contributed by atoms with Crippen molar-refractivity contribution >= 4 is 34.0 Å². The largest absolute Gasteiger partial charge is 0.256 e. The van der Waals surface area contributed by atoms with Crippen molar-refractivity contribution in [3.63, 3.8) is 0 Å². The van der Waals surface area contributed by atoms with Crippen LogP contribution < -0.4 is 0 Å². The first-order valence-electron chi connectivity index (χ1n) is 4.80. The van der Waals surface area contributed by atoms with Gasteiger partial charge in [0.05, 0.1) is 9.11 Å². The smallest absolute Gasteiger partial charge is 0.0843 e. The summed E-state index contributed by atoms with van der Waals surface area (Å²) in [6, 6.07) is 4.29. The molecule has 0 bridgehead atoms. The molecule has 14 heavy (non-hydrogen) atoms. The van der Waals surface area contributed by atoms with Gasteiger partial charge in [0.15, 0.2) is 0 Å². The van der Waals surface area contributed by atoms with Crippen LogP contribution >= 0.6 is 22.6 Å². The van der Waals surface area contributed by atoms with E-state index in [0.29, 0.717) is 0 Å². The van der Waals surface area contributed by atoms with Gasteiger partial charge in [0, 0.05) is 11.3 Å². The Labute approximate surface area is 98.8 Å². The van der Waals surface area contributed by atoms with Crippen molar-refractivity contribution < 1.29 is 0 Å². The molecule has 74 valence electrons. The lowest BCUT2D eigenvalue weighted by molar-refractivity contribution is 0.985. The van der Waals surface area contributed by atoms with Crippen molar-refractivity contribution in [3.05, 3.63) is 28.8 Å². The molecule has 0 spiro atoms. The molecule has 1 nitrogen and oxygen atoms in total. The van der Waals surface area contributed by atoms with E-state index in [2.05, 4.69) is 67.4 Å². The van der Waals surface area contributed by atoms with Gasteiger partial charge >= 0.3 is 0 Å². The van der Waals surface area contributed by atoms with Gasteiger partial charge in [-0.1, -0.05) is 28.7 Å². The molecule has 2 rings (SSSR count). The molecule has 0 aromatic heterocycles. The Morgan fingerprint density at radius 2 is 1.86 bits per heavy atom. The monoisotopic (exact) mass is 299 g/mol. The number of rotatable bonds is 0. The Morgan fingerprint density at radius 3 is 2.50 bits per heavy atom. The van der Waals surface area contributed by atoms with Crippen LogP contribution in [-0.2, 0) is 3.42 Å². The highest BCUT2D eigenvalue weighted by molar-refractivity contribution is 14.1. The van der Waals surface area contributed by atoms with Crippen LogP contribution in [0.1, 0.15) is 30.5 Å². The Bertz CT molecular complexity index is 430. The molecular weight excluding hydrogens is 285 g/mol. The minimum atomic E-state index is 0.0865. The fourth-order valence-corrected chi connectivity index (χ4v) is 2.76. The third-order valence-corrected chi connectivity index (χ3v) is 4.47. The van der Waals surface area contributed by atoms with E-state index in [9.17, 15) is 0 Å². The summed E-state index contributed by atoms with van der Waals surface area (Å²) in [4.78, 5) is 4.62. The molecule has 1 aromatic rings. The second-order valence-electron chi connectivity index (χ2n) is 4.10. The molecule has 1 aliphatic rings. The summed E-state index contributed by atoms with van der Waals surface area (Å²) < 4.78 is 0.0865. The third kappa shape index (κ3) is 1.23. The maximum atomic E-state index is 4.62. The van der Waals surface area contributed by atoms with E-state index < -0.39 is 0 Å². The zero-order chi connectivity index (χ0) is 10.5. The standard InChI is InChI=1S/C12H14IN/c1-7-5-6-10-11(8(7)2)12(4,13)9(3)14-10/h5-6H,1-4H3. The van der Waals surface area contributed by atoms with E-state index in [4.69, 9.17) is 0 Å². The van der Waals surface area contributed by atoms with Crippen molar-refractivity contribution in [2.75, 3.05) is 0 Å². The van der Waals surface area contributed by atoms with Crippen LogP contribution in [0.4, 0.5) is 5.69 Å². The summed E-state index contributed by atoms with van der Waals surface area (Å²) in [6.07, 6.45) is 0. The number of alkyl halides is 1. The topological polar surface area (TPSA) is 12.4 Å². The molecule has 1 atom stereocenters. The predicted octanol–water partition coefficient (Wildman–Crippen LogP) is 4.06. The summed E-state index contributed by atoms with van der Waals surface area (Å²) in [7, 11) is 0. The average Bonchev–Trinajstić information content (AvgIpc) is 2.32. The maximum Gasteiger partial charge on any atom is 0.0843 e. The number of benzene rings is 1. The first-order chi connectivity index (χ1) is 6.44. The Balaban J connectivity index is 2.75. The molecule has 0 amide bonds. The van der Waals surface area contributed by atoms with Gasteiger partial charge in [-0.25, -0.2) is 0 Å². The minimum absolute atomic E-state index is 0.0865. The molecule has 1 unspecified atom stereocenters. The van der Waals surface area contributed by atoms with Crippen molar-refractivity contribution in [3.8, 4) is 0 Å². The van der Waals surface area contributed by atoms with Gasteiger partial charge in [0.25, 0.3) is 0 Å². The molecule has 2 heteroatoms. The lowest BCUT2D eigenvalue weighted by Crippen LogP contribution is -2.19. The van der Waals surface area contributed by atoms with Gasteiger partial charge < -0.3 is 0 Å². The Morgan fingerprint density at radius 1 is 1.21 bits per heavy atom. The van der Waals surface area contributed by atoms with Gasteiger partial charge in [0.1, 0.15) is 0 Å². The zero-order valence-corrected chi connectivity index (χ0v) is 11.1. The number of aliphatic imine (C=N–C) groups is 1. The highest BCUT2D eigenvalue weighted by Crippen LogP contribution is 2.46. The number of fused-ring (bicyclic) bond motifs is 1. The quantitative estimate of drug-likeness (QED) is 0.506. The maximum absolute atomic E-state index is 4.62. The van der Waals surface area contributed by atoms with Gasteiger partial charge in [-0.05, 0) is 44.9 Å². The van der Waals surface area contributed by atoms with E-state index >= 15 is 0 Å². The molecule has 0 saturated heterocycles. The lowest BCUT2D eigenvalue weighted by Gasteiger charge is -2.20. The fourth-order valence-electron chi connectivity index (χ4n) is 1.95. The van der Waals surface area contributed by atoms with Crippen LogP contribution in [0.25, 0.3) is 0 Å². The van der Waals surface area contributed by atoms with Crippen molar-refractivity contribution in [1.82, 2.24) is 0 Å². The highest BCUT2D eigenvalue weighted by Gasteiger charge is 2.35. The van der Waals surface area contributed by atoms with Gasteiger partial charge in [-0.3, -0.25) is 4.99 Å². The van der Waals surface area contributed by atoms with Crippen LogP contribution in [0.3, 0.4) is 0 Å². The first-order valence-corrected chi connectivity index (χ1v) is 5.88. The molecule has 0 fully saturated rings. The number of hydrogen-bond acceptors (Lipinski definition) is 1. The summed E-state index contributed by atoms with van der Waals surface area (Å²) in [6.45, 7) is 8.71. The second-order valence-corrected chi connectivity index (χ2v) is 6.26. The van der Waals surface area contributed by atoms with Crippen LogP contribution in [0.15, 0.2) is 17.1 Å². The number of nitrogens with zero attached hydrogens (tertiary/aromatic N) is 1. The van der Waals surface area contributed by atoms with Crippen molar-refractivity contribution in [2.24, 2.45) is 4.99 Å². The molecule has 0 N–H and O–H groups in total. The third-order valence-electron chi connectivity index (χ3n) is 3.15. The number of halogens is 1. The summed E-state index contributed by atoms with van der Waals surface area (Å²) in [5.74, 6) is 0. The van der Waals surface area contributed by atoms with E-state index in [0.717, 1.165) is 5.69 Å². The van der Waals surface area contributed by atoms with E-state index in [1.807, 2.05) is 0 Å². The molecule has 1 aliphatic heterocycles. The zero-order valence-electron chi connectivity index (χ0n) is 8.98. The fraction of sp³-hybridized carbons (Fsp3) is 0.417. The van der Waals surface area contributed by atoms with Gasteiger partial charge in [0.2, 0.25) is 0 Å². The highest BCUT2D eigenvalue weighted by atomic mass is 127. The van der Waals surface area contributed by atoms with Crippen LogP contribution in [0.2, 0.25) is 0 Å². The van der Waals surface area contributed by atoms with Crippen LogP contribution in [-0.4, -0.2) is 5.71 Å². The molecule has 1 heterocycles. The first kappa shape index (κ1) is 10.1. The Hall–Kier alpha value is -0.380.